The molecule has 2 aliphatic rings. The molecule has 0 N–H and O–H groups in total. The second-order valence-electron chi connectivity index (χ2n) is 15.2. The summed E-state index contributed by atoms with van der Waals surface area (Å²) < 4.78 is 4.65. The molecule has 0 aliphatic heterocycles. The van der Waals surface area contributed by atoms with Crippen LogP contribution in [0.2, 0.25) is 0 Å². The number of fused-ring (bicyclic) bond motifs is 9. The monoisotopic (exact) mass is 728 g/mol. The first-order valence-electron chi connectivity index (χ1n) is 19.8. The van der Waals surface area contributed by atoms with Gasteiger partial charge in [0.05, 0.1) is 33.2 Å². The van der Waals surface area contributed by atoms with Crippen molar-refractivity contribution in [3.05, 3.63) is 217 Å². The fourth-order valence-corrected chi connectivity index (χ4v) is 9.83. The third-order valence-corrected chi connectivity index (χ3v) is 12.3. The van der Waals surface area contributed by atoms with Crippen LogP contribution in [0, 0.1) is 0 Å². The van der Waals surface area contributed by atoms with Crippen LogP contribution in [-0.4, -0.2) is 19.1 Å². The number of allylic oxidation sites excluding steroid dienone is 4. The third-order valence-electron chi connectivity index (χ3n) is 12.3. The van der Waals surface area contributed by atoms with Crippen molar-refractivity contribution in [2.75, 3.05) is 0 Å². The summed E-state index contributed by atoms with van der Waals surface area (Å²) >= 11 is 0. The molecular weight excluding hydrogens is 693 g/mol. The molecule has 268 valence electrons. The molecule has 1 atom stereocenters. The topological polar surface area (TPSA) is 35.6 Å². The Kier molecular flexibility index (Phi) is 6.93. The summed E-state index contributed by atoms with van der Waals surface area (Å²) in [4.78, 5) is 10.4. The van der Waals surface area contributed by atoms with E-state index in [0.717, 1.165) is 68.4 Å². The Bertz CT molecular complexity index is 3220. The van der Waals surface area contributed by atoms with Crippen LogP contribution in [0.4, 0.5) is 0 Å². The van der Waals surface area contributed by atoms with Crippen molar-refractivity contribution >= 4 is 43.9 Å². The van der Waals surface area contributed by atoms with Crippen molar-refractivity contribution in [3.8, 4) is 33.8 Å². The van der Waals surface area contributed by atoms with Crippen LogP contribution in [-0.2, 0) is 5.41 Å². The number of para-hydroxylation sites is 2. The van der Waals surface area contributed by atoms with Crippen LogP contribution >= 0.6 is 0 Å². The summed E-state index contributed by atoms with van der Waals surface area (Å²) in [6.07, 6.45) is 11.1. The molecule has 12 rings (SSSR count). The van der Waals surface area contributed by atoms with E-state index < -0.39 is 5.41 Å². The predicted octanol–water partition coefficient (Wildman–Crippen LogP) is 12.9. The number of hydrogen-bond donors (Lipinski definition) is 0. The highest BCUT2D eigenvalue weighted by Crippen LogP contribution is 2.57. The number of hydrogen-bond acceptors (Lipinski definition) is 2. The number of aromatic nitrogens is 4. The van der Waals surface area contributed by atoms with Gasteiger partial charge in [0.15, 0.2) is 0 Å². The van der Waals surface area contributed by atoms with Crippen LogP contribution in [0.15, 0.2) is 200 Å². The Labute approximate surface area is 330 Å². The number of pyridine rings is 2. The molecule has 6 aromatic carbocycles. The van der Waals surface area contributed by atoms with Gasteiger partial charge in [-0.2, -0.15) is 0 Å². The zero-order valence-electron chi connectivity index (χ0n) is 31.2. The van der Waals surface area contributed by atoms with Gasteiger partial charge in [-0.3, -0.25) is 9.55 Å². The van der Waals surface area contributed by atoms with Crippen molar-refractivity contribution in [1.29, 1.82) is 0 Å². The normalized spacial score (nSPS) is 16.0. The average Bonchev–Trinajstić information content (AvgIpc) is 3.90. The molecule has 0 spiro atoms. The standard InChI is InChI=1S/C53H36N4/c1-3-14-37(15-4-1)53(38-16-5-2-6-17-38)45-21-10-7-19-42(45)50-46(53)34-44-41-18-8-11-22-47(41)57(52(44)55-50)40-31-27-36(28-32-40)35-25-29-39(30-26-35)56-48-23-12-9-20-43(48)51-49(56)24-13-33-54-51/h1,3-5,7-34H,2,6H2. The third kappa shape index (κ3) is 4.55. The number of nitrogens with zero attached hydrogens (tertiary/aromatic N) is 4. The molecule has 4 heteroatoms. The predicted molar refractivity (Wildman–Crippen MR) is 234 cm³/mol. The second kappa shape index (κ2) is 12.4. The average molecular weight is 729 g/mol. The van der Waals surface area contributed by atoms with Crippen molar-refractivity contribution in [1.82, 2.24) is 19.1 Å². The summed E-state index contributed by atoms with van der Waals surface area (Å²) in [5.41, 5.74) is 16.9. The number of rotatable bonds is 5. The van der Waals surface area contributed by atoms with Gasteiger partial charge in [-0.1, -0.05) is 133 Å². The lowest BCUT2D eigenvalue weighted by molar-refractivity contribution is 0.751. The SMILES string of the molecule is C1=CC(C2(c3ccccc3)c3ccccc3-c3nc4c(cc32)c2ccccc2n4-c2ccc(-c3ccc(-n4c5ccccc5c5ncccc54)cc3)cc2)=CCC1. The minimum absolute atomic E-state index is 0.454. The fraction of sp³-hybridized carbons (Fsp3) is 0.0566. The van der Waals surface area contributed by atoms with Gasteiger partial charge in [-0.25, -0.2) is 4.98 Å². The van der Waals surface area contributed by atoms with Gasteiger partial charge < -0.3 is 4.57 Å². The van der Waals surface area contributed by atoms with Crippen molar-refractivity contribution < 1.29 is 0 Å². The minimum atomic E-state index is -0.454. The smallest absolute Gasteiger partial charge is 0.146 e. The highest BCUT2D eigenvalue weighted by atomic mass is 15.1. The lowest BCUT2D eigenvalue weighted by atomic mass is 9.66. The molecule has 57 heavy (non-hydrogen) atoms. The van der Waals surface area contributed by atoms with Gasteiger partial charge in [-0.05, 0) is 101 Å². The zero-order valence-corrected chi connectivity index (χ0v) is 31.2. The van der Waals surface area contributed by atoms with Crippen LogP contribution < -0.4 is 0 Å². The highest BCUT2D eigenvalue weighted by Gasteiger charge is 2.48. The van der Waals surface area contributed by atoms with Gasteiger partial charge in [0, 0.05) is 39.3 Å². The van der Waals surface area contributed by atoms with E-state index in [-0.39, 0.29) is 0 Å². The Morgan fingerprint density at radius 3 is 1.91 bits per heavy atom. The highest BCUT2D eigenvalue weighted by molar-refractivity contribution is 6.10. The van der Waals surface area contributed by atoms with Gasteiger partial charge in [0.25, 0.3) is 0 Å². The largest absolute Gasteiger partial charge is 0.308 e. The van der Waals surface area contributed by atoms with E-state index >= 15 is 0 Å². The summed E-state index contributed by atoms with van der Waals surface area (Å²) in [7, 11) is 0. The summed E-state index contributed by atoms with van der Waals surface area (Å²) in [5, 5.41) is 3.53. The molecule has 4 heterocycles. The van der Waals surface area contributed by atoms with Gasteiger partial charge >= 0.3 is 0 Å². The maximum atomic E-state index is 5.69. The first-order chi connectivity index (χ1) is 28.3. The van der Waals surface area contributed by atoms with Crippen LogP contribution in [0.5, 0.6) is 0 Å². The molecule has 2 aliphatic carbocycles. The van der Waals surface area contributed by atoms with Crippen LogP contribution in [0.3, 0.4) is 0 Å². The molecule has 0 amide bonds. The maximum absolute atomic E-state index is 5.69. The Morgan fingerprint density at radius 2 is 1.16 bits per heavy atom. The first-order valence-corrected chi connectivity index (χ1v) is 19.8. The van der Waals surface area contributed by atoms with Crippen LogP contribution in [0.25, 0.3) is 77.6 Å². The molecule has 10 aromatic rings. The molecule has 0 radical (unpaired) electrons. The minimum Gasteiger partial charge on any atom is -0.308 e. The first kappa shape index (κ1) is 32.0. The van der Waals surface area contributed by atoms with E-state index in [1.165, 1.54) is 44.3 Å². The molecule has 0 bridgehead atoms. The molecule has 1 unspecified atom stereocenters. The van der Waals surface area contributed by atoms with E-state index in [4.69, 9.17) is 9.97 Å². The number of benzene rings is 6. The zero-order chi connectivity index (χ0) is 37.5. The Balaban J connectivity index is 0.997. The van der Waals surface area contributed by atoms with E-state index in [1.54, 1.807) is 0 Å². The Morgan fingerprint density at radius 1 is 0.509 bits per heavy atom. The molecule has 4 nitrogen and oxygen atoms in total. The van der Waals surface area contributed by atoms with Crippen molar-refractivity contribution in [3.63, 3.8) is 0 Å². The lowest BCUT2D eigenvalue weighted by Gasteiger charge is -2.35. The lowest BCUT2D eigenvalue weighted by Crippen LogP contribution is -2.29. The van der Waals surface area contributed by atoms with Gasteiger partial charge in [0.1, 0.15) is 5.65 Å². The molecule has 0 saturated heterocycles. The summed E-state index contributed by atoms with van der Waals surface area (Å²) in [6, 6.07) is 61.6. The molecule has 0 fully saturated rings. The van der Waals surface area contributed by atoms with E-state index in [9.17, 15) is 0 Å². The van der Waals surface area contributed by atoms with Crippen molar-refractivity contribution in [2.24, 2.45) is 0 Å². The summed E-state index contributed by atoms with van der Waals surface area (Å²) in [5.74, 6) is 0. The molecule has 4 aromatic heterocycles. The van der Waals surface area contributed by atoms with Gasteiger partial charge in [-0.15, -0.1) is 0 Å². The maximum Gasteiger partial charge on any atom is 0.146 e. The quantitative estimate of drug-likeness (QED) is 0.177. The Hall–Kier alpha value is -7.30. The van der Waals surface area contributed by atoms with E-state index in [2.05, 4.69) is 191 Å². The second-order valence-corrected chi connectivity index (χ2v) is 15.2. The van der Waals surface area contributed by atoms with Gasteiger partial charge in [0.2, 0.25) is 0 Å². The molecular formula is C53H36N4. The summed E-state index contributed by atoms with van der Waals surface area (Å²) in [6.45, 7) is 0. The fourth-order valence-electron chi connectivity index (χ4n) is 9.83. The van der Waals surface area contributed by atoms with Crippen LogP contribution in [0.1, 0.15) is 29.5 Å². The van der Waals surface area contributed by atoms with E-state index in [0.29, 0.717) is 0 Å². The van der Waals surface area contributed by atoms with Crippen molar-refractivity contribution in [2.45, 2.75) is 18.3 Å². The molecule has 0 saturated carbocycles. The van der Waals surface area contributed by atoms with E-state index in [1.807, 2.05) is 12.3 Å².